The molecule has 0 spiro atoms. The molecular formula is C17H18Cl2N2. The van der Waals surface area contributed by atoms with E-state index in [9.17, 15) is 0 Å². The summed E-state index contributed by atoms with van der Waals surface area (Å²) in [5.74, 6) is 0. The minimum Gasteiger partial charge on any atom is -0.396 e. The minimum atomic E-state index is 0.461. The van der Waals surface area contributed by atoms with Crippen molar-refractivity contribution in [3.8, 4) is 0 Å². The number of benzene rings is 2. The monoisotopic (exact) mass is 320 g/mol. The lowest BCUT2D eigenvalue weighted by Gasteiger charge is -2.21. The Labute approximate surface area is 135 Å². The van der Waals surface area contributed by atoms with Gasteiger partial charge in [0.2, 0.25) is 0 Å². The largest absolute Gasteiger partial charge is 0.396 e. The van der Waals surface area contributed by atoms with Gasteiger partial charge < -0.3 is 5.73 Å². The second-order valence-electron chi connectivity index (χ2n) is 5.56. The van der Waals surface area contributed by atoms with Crippen molar-refractivity contribution in [2.45, 2.75) is 25.9 Å². The third-order valence-electron chi connectivity index (χ3n) is 3.98. The van der Waals surface area contributed by atoms with Gasteiger partial charge in [-0.2, -0.15) is 0 Å². The van der Waals surface area contributed by atoms with Crippen LogP contribution in [0.1, 0.15) is 23.1 Å². The van der Waals surface area contributed by atoms with E-state index in [1.165, 1.54) is 17.5 Å². The fraction of sp³-hybridized carbons (Fsp3) is 0.294. The molecule has 3 rings (SSSR count). The molecule has 0 atom stereocenters. The normalized spacial score (nSPS) is 15.5. The second kappa shape index (κ2) is 6.27. The lowest BCUT2D eigenvalue weighted by atomic mass is 10.0. The molecule has 0 aromatic heterocycles. The van der Waals surface area contributed by atoms with Gasteiger partial charge in [0.05, 0.1) is 15.7 Å². The van der Waals surface area contributed by atoms with Crippen molar-refractivity contribution in [3.05, 3.63) is 63.1 Å². The topological polar surface area (TPSA) is 29.3 Å². The van der Waals surface area contributed by atoms with Gasteiger partial charge in [-0.3, -0.25) is 4.90 Å². The molecule has 0 aliphatic carbocycles. The number of hydrogen-bond donors (Lipinski definition) is 1. The summed E-state index contributed by atoms with van der Waals surface area (Å²) in [7, 11) is 0. The van der Waals surface area contributed by atoms with Crippen LogP contribution in [0.5, 0.6) is 0 Å². The Morgan fingerprint density at radius 3 is 2.43 bits per heavy atom. The highest BCUT2D eigenvalue weighted by molar-refractivity contribution is 6.38. The van der Waals surface area contributed by atoms with Gasteiger partial charge in [-0.1, -0.05) is 47.5 Å². The van der Waals surface area contributed by atoms with Crippen LogP contribution < -0.4 is 5.73 Å². The lowest BCUT2D eigenvalue weighted by Crippen LogP contribution is -2.22. The molecule has 0 radical (unpaired) electrons. The standard InChI is InChI=1S/C17H18Cl2N2/c18-15-8-12(9-16(19)17(15)20)10-21-7-3-6-13-4-1-2-5-14(13)11-21/h1-2,4-5,8-9H,3,6-7,10-11,20H2. The average Bonchev–Trinajstić information content (AvgIpc) is 2.66. The molecule has 0 saturated carbocycles. The molecule has 2 N–H and O–H groups in total. The van der Waals surface area contributed by atoms with Gasteiger partial charge >= 0.3 is 0 Å². The zero-order valence-corrected chi connectivity index (χ0v) is 13.3. The quantitative estimate of drug-likeness (QED) is 0.824. The van der Waals surface area contributed by atoms with Gasteiger partial charge in [0, 0.05) is 13.1 Å². The summed E-state index contributed by atoms with van der Waals surface area (Å²) in [4.78, 5) is 2.43. The number of rotatable bonds is 2. The van der Waals surface area contributed by atoms with Crippen LogP contribution in [0.2, 0.25) is 10.0 Å². The number of nitrogen functional groups attached to an aromatic ring is 1. The number of halogens is 2. The molecular weight excluding hydrogens is 303 g/mol. The maximum atomic E-state index is 6.12. The van der Waals surface area contributed by atoms with E-state index in [-0.39, 0.29) is 0 Å². The van der Waals surface area contributed by atoms with Crippen LogP contribution >= 0.6 is 23.2 Å². The van der Waals surface area contributed by atoms with Gasteiger partial charge in [-0.15, -0.1) is 0 Å². The van der Waals surface area contributed by atoms with Crippen molar-refractivity contribution in [3.63, 3.8) is 0 Å². The predicted molar refractivity (Wildman–Crippen MR) is 89.8 cm³/mol. The Bertz CT molecular complexity index is 632. The first-order chi connectivity index (χ1) is 10.1. The van der Waals surface area contributed by atoms with Crippen molar-refractivity contribution in [1.29, 1.82) is 0 Å². The van der Waals surface area contributed by atoms with E-state index in [2.05, 4.69) is 29.2 Å². The lowest BCUT2D eigenvalue weighted by molar-refractivity contribution is 0.261. The number of nitrogens with two attached hydrogens (primary N) is 1. The third-order valence-corrected chi connectivity index (χ3v) is 4.60. The Morgan fingerprint density at radius 1 is 1.05 bits per heavy atom. The average molecular weight is 321 g/mol. The first kappa shape index (κ1) is 14.7. The van der Waals surface area contributed by atoms with Crippen molar-refractivity contribution in [2.75, 3.05) is 12.3 Å². The van der Waals surface area contributed by atoms with Gasteiger partial charge in [0.25, 0.3) is 0 Å². The highest BCUT2D eigenvalue weighted by Gasteiger charge is 2.15. The van der Waals surface area contributed by atoms with Gasteiger partial charge in [-0.25, -0.2) is 0 Å². The summed E-state index contributed by atoms with van der Waals surface area (Å²) < 4.78 is 0. The molecule has 21 heavy (non-hydrogen) atoms. The fourth-order valence-electron chi connectivity index (χ4n) is 2.89. The molecule has 2 aromatic rings. The first-order valence-electron chi connectivity index (χ1n) is 7.16. The summed E-state index contributed by atoms with van der Waals surface area (Å²) in [6.07, 6.45) is 2.32. The summed E-state index contributed by atoms with van der Waals surface area (Å²) in [6, 6.07) is 12.5. The molecule has 1 heterocycles. The summed E-state index contributed by atoms with van der Waals surface area (Å²) >= 11 is 12.2. The van der Waals surface area contributed by atoms with Crippen LogP contribution in [0.3, 0.4) is 0 Å². The van der Waals surface area contributed by atoms with Gasteiger partial charge in [0.1, 0.15) is 0 Å². The fourth-order valence-corrected chi connectivity index (χ4v) is 3.42. The Morgan fingerprint density at radius 2 is 1.71 bits per heavy atom. The SMILES string of the molecule is Nc1c(Cl)cc(CN2CCCc3ccccc3C2)cc1Cl. The molecule has 2 aromatic carbocycles. The van der Waals surface area contributed by atoms with Crippen molar-refractivity contribution in [2.24, 2.45) is 0 Å². The second-order valence-corrected chi connectivity index (χ2v) is 6.37. The summed E-state index contributed by atoms with van der Waals surface area (Å²) in [5.41, 5.74) is 10.3. The number of hydrogen-bond acceptors (Lipinski definition) is 2. The smallest absolute Gasteiger partial charge is 0.0693 e. The number of anilines is 1. The Hall–Kier alpha value is -1.22. The zero-order chi connectivity index (χ0) is 14.8. The highest BCUT2D eigenvalue weighted by atomic mass is 35.5. The number of nitrogens with zero attached hydrogens (tertiary/aromatic N) is 1. The molecule has 0 unspecified atom stereocenters. The molecule has 0 amide bonds. The number of fused-ring (bicyclic) bond motifs is 1. The van der Waals surface area contributed by atoms with Gasteiger partial charge in [0.15, 0.2) is 0 Å². The van der Waals surface area contributed by atoms with E-state index < -0.39 is 0 Å². The van der Waals surface area contributed by atoms with Crippen LogP contribution in [-0.2, 0) is 19.5 Å². The number of aryl methyl sites for hydroxylation is 1. The van der Waals surface area contributed by atoms with Crippen molar-refractivity contribution >= 4 is 28.9 Å². The predicted octanol–water partition coefficient (Wildman–Crippen LogP) is 4.52. The van der Waals surface area contributed by atoms with E-state index in [0.29, 0.717) is 15.7 Å². The van der Waals surface area contributed by atoms with Crippen LogP contribution in [-0.4, -0.2) is 11.4 Å². The van der Waals surface area contributed by atoms with Crippen LogP contribution in [0.25, 0.3) is 0 Å². The molecule has 1 aliphatic heterocycles. The van der Waals surface area contributed by atoms with E-state index in [1.54, 1.807) is 0 Å². The molecule has 110 valence electrons. The Kier molecular flexibility index (Phi) is 4.39. The molecule has 0 fully saturated rings. The van der Waals surface area contributed by atoms with Crippen LogP contribution in [0, 0.1) is 0 Å². The zero-order valence-electron chi connectivity index (χ0n) is 11.8. The molecule has 1 aliphatic rings. The van der Waals surface area contributed by atoms with E-state index in [0.717, 1.165) is 31.6 Å². The van der Waals surface area contributed by atoms with Crippen LogP contribution in [0.4, 0.5) is 5.69 Å². The van der Waals surface area contributed by atoms with E-state index in [4.69, 9.17) is 28.9 Å². The summed E-state index contributed by atoms with van der Waals surface area (Å²) in [5, 5.41) is 1.07. The van der Waals surface area contributed by atoms with E-state index in [1.807, 2.05) is 12.1 Å². The highest BCUT2D eigenvalue weighted by Crippen LogP contribution is 2.30. The first-order valence-corrected chi connectivity index (χ1v) is 7.91. The third kappa shape index (κ3) is 3.34. The maximum Gasteiger partial charge on any atom is 0.0693 e. The molecule has 0 saturated heterocycles. The van der Waals surface area contributed by atoms with Gasteiger partial charge in [-0.05, 0) is 48.2 Å². The maximum absolute atomic E-state index is 6.12. The van der Waals surface area contributed by atoms with E-state index >= 15 is 0 Å². The summed E-state index contributed by atoms with van der Waals surface area (Å²) in [6.45, 7) is 2.89. The molecule has 2 nitrogen and oxygen atoms in total. The Balaban J connectivity index is 1.79. The van der Waals surface area contributed by atoms with Crippen molar-refractivity contribution < 1.29 is 0 Å². The van der Waals surface area contributed by atoms with Crippen molar-refractivity contribution in [1.82, 2.24) is 4.90 Å². The molecule has 0 bridgehead atoms. The minimum absolute atomic E-state index is 0.461. The molecule has 4 heteroatoms. The van der Waals surface area contributed by atoms with Crippen LogP contribution in [0.15, 0.2) is 36.4 Å².